The highest BCUT2D eigenvalue weighted by atomic mass is 79.9. The number of nitrogens with zero attached hydrogens (tertiary/aromatic N) is 1. The van der Waals surface area contributed by atoms with Gasteiger partial charge in [0.05, 0.1) is 18.2 Å². The Hall–Kier alpha value is -4.30. The molecule has 0 unspecified atom stereocenters. The van der Waals surface area contributed by atoms with Crippen molar-refractivity contribution in [3.63, 3.8) is 0 Å². The average molecular weight is 558 g/mol. The van der Waals surface area contributed by atoms with E-state index in [-0.39, 0.29) is 6.61 Å². The number of nitrogens with two attached hydrogens (primary N) is 1. The summed E-state index contributed by atoms with van der Waals surface area (Å²) in [6.45, 7) is 0.723. The molecule has 5 aromatic rings. The summed E-state index contributed by atoms with van der Waals surface area (Å²) in [5.74, 6) is 0.206. The topological polar surface area (TPSA) is 95.6 Å². The molecular formula is C29H24BrN3O4. The molecule has 0 radical (unpaired) electrons. The standard InChI is InChI=1S/C29H24BrN3O4/c1-36-22-10-7-19(8-11-22)17-37-29(35)32-21-9-12-25-23(15-21)27-24(28(31)34)13-20(30)14-26(27)33(25)16-18-5-3-2-4-6-18/h2-15H,16-17H2,1H3,(H2,31,34)(H,32,35). The first-order valence-corrected chi connectivity index (χ1v) is 12.4. The molecule has 37 heavy (non-hydrogen) atoms. The molecule has 0 saturated carbocycles. The van der Waals surface area contributed by atoms with Crippen LogP contribution in [0.1, 0.15) is 21.5 Å². The molecule has 0 atom stereocenters. The van der Waals surface area contributed by atoms with Gasteiger partial charge in [0.25, 0.3) is 0 Å². The second-order valence-corrected chi connectivity index (χ2v) is 9.48. The third kappa shape index (κ3) is 5.15. The van der Waals surface area contributed by atoms with Gasteiger partial charge < -0.3 is 19.8 Å². The van der Waals surface area contributed by atoms with E-state index >= 15 is 0 Å². The monoisotopic (exact) mass is 557 g/mol. The lowest BCUT2D eigenvalue weighted by Crippen LogP contribution is -2.13. The SMILES string of the molecule is COc1ccc(COC(=O)Nc2ccc3c(c2)c2c(C(N)=O)cc(Br)cc2n3Cc2ccccc2)cc1. The molecule has 186 valence electrons. The van der Waals surface area contributed by atoms with Gasteiger partial charge in [-0.15, -0.1) is 0 Å². The first kappa shape index (κ1) is 24.4. The Morgan fingerprint density at radius 1 is 0.919 bits per heavy atom. The third-order valence-corrected chi connectivity index (χ3v) is 6.61. The van der Waals surface area contributed by atoms with Crippen LogP contribution in [0.5, 0.6) is 5.75 Å². The lowest BCUT2D eigenvalue weighted by Gasteiger charge is -2.10. The van der Waals surface area contributed by atoms with Crippen LogP contribution in [0.4, 0.5) is 10.5 Å². The van der Waals surface area contributed by atoms with Crippen LogP contribution < -0.4 is 15.8 Å². The number of benzene rings is 4. The van der Waals surface area contributed by atoms with Crippen LogP contribution in [0, 0.1) is 0 Å². The highest BCUT2D eigenvalue weighted by Gasteiger charge is 2.19. The van der Waals surface area contributed by atoms with Gasteiger partial charge in [0, 0.05) is 33.0 Å². The average Bonchev–Trinajstić information content (AvgIpc) is 3.20. The van der Waals surface area contributed by atoms with Crippen molar-refractivity contribution in [1.29, 1.82) is 0 Å². The first-order valence-electron chi connectivity index (χ1n) is 11.6. The number of fused-ring (bicyclic) bond motifs is 3. The van der Waals surface area contributed by atoms with Crippen molar-refractivity contribution < 1.29 is 19.1 Å². The van der Waals surface area contributed by atoms with Crippen LogP contribution >= 0.6 is 15.9 Å². The normalized spacial score (nSPS) is 11.0. The highest BCUT2D eigenvalue weighted by molar-refractivity contribution is 9.10. The maximum Gasteiger partial charge on any atom is 0.411 e. The van der Waals surface area contributed by atoms with E-state index in [1.165, 1.54) is 0 Å². The van der Waals surface area contributed by atoms with Crippen LogP contribution in [0.2, 0.25) is 0 Å². The van der Waals surface area contributed by atoms with Gasteiger partial charge in [-0.25, -0.2) is 4.79 Å². The molecule has 0 aliphatic heterocycles. The molecule has 0 fully saturated rings. The predicted molar refractivity (Wildman–Crippen MR) is 148 cm³/mol. The van der Waals surface area contributed by atoms with Crippen molar-refractivity contribution in [2.75, 3.05) is 12.4 Å². The van der Waals surface area contributed by atoms with Gasteiger partial charge in [-0.1, -0.05) is 58.4 Å². The summed E-state index contributed by atoms with van der Waals surface area (Å²) >= 11 is 3.52. The van der Waals surface area contributed by atoms with Crippen molar-refractivity contribution >= 4 is 55.4 Å². The molecule has 2 amide bonds. The van der Waals surface area contributed by atoms with Crippen molar-refractivity contribution in [2.45, 2.75) is 13.2 Å². The van der Waals surface area contributed by atoms with Gasteiger partial charge in [-0.05, 0) is 53.6 Å². The number of aromatic nitrogens is 1. The Kier molecular flexibility index (Phi) is 6.83. The molecule has 0 saturated heterocycles. The lowest BCUT2D eigenvalue weighted by molar-refractivity contribution is 0.100. The largest absolute Gasteiger partial charge is 0.497 e. The number of carbonyl (C=O) groups is 2. The molecule has 7 nitrogen and oxygen atoms in total. The van der Waals surface area contributed by atoms with E-state index in [0.29, 0.717) is 17.8 Å². The smallest absolute Gasteiger partial charge is 0.411 e. The second-order valence-electron chi connectivity index (χ2n) is 8.56. The van der Waals surface area contributed by atoms with Crippen LogP contribution in [-0.2, 0) is 17.9 Å². The second kappa shape index (κ2) is 10.4. The van der Waals surface area contributed by atoms with Crippen molar-refractivity contribution in [1.82, 2.24) is 4.57 Å². The van der Waals surface area contributed by atoms with Crippen LogP contribution in [0.3, 0.4) is 0 Å². The van der Waals surface area contributed by atoms with Gasteiger partial charge in [-0.2, -0.15) is 0 Å². The maximum atomic E-state index is 12.5. The van der Waals surface area contributed by atoms with E-state index < -0.39 is 12.0 Å². The number of ether oxygens (including phenoxy) is 2. The molecule has 1 aromatic heterocycles. The van der Waals surface area contributed by atoms with Gasteiger partial charge >= 0.3 is 6.09 Å². The van der Waals surface area contributed by atoms with Gasteiger partial charge in [-0.3, -0.25) is 10.1 Å². The zero-order valence-corrected chi connectivity index (χ0v) is 21.6. The Balaban J connectivity index is 1.49. The molecule has 4 aromatic carbocycles. The number of nitrogens with one attached hydrogen (secondary N) is 1. The summed E-state index contributed by atoms with van der Waals surface area (Å²) < 4.78 is 13.4. The van der Waals surface area contributed by atoms with Crippen LogP contribution in [0.25, 0.3) is 21.8 Å². The number of halogens is 1. The summed E-state index contributed by atoms with van der Waals surface area (Å²) in [5, 5.41) is 4.33. The lowest BCUT2D eigenvalue weighted by atomic mass is 10.1. The van der Waals surface area contributed by atoms with Crippen molar-refractivity contribution in [3.8, 4) is 5.75 Å². The van der Waals surface area contributed by atoms with E-state index in [1.807, 2.05) is 66.7 Å². The van der Waals surface area contributed by atoms with E-state index in [0.717, 1.165) is 43.2 Å². The number of rotatable bonds is 7. The zero-order chi connectivity index (χ0) is 25.9. The molecule has 8 heteroatoms. The Labute approximate surface area is 221 Å². The predicted octanol–water partition coefficient (Wildman–Crippen LogP) is 6.46. The Morgan fingerprint density at radius 2 is 1.68 bits per heavy atom. The minimum Gasteiger partial charge on any atom is -0.497 e. The summed E-state index contributed by atoms with van der Waals surface area (Å²) in [4.78, 5) is 24.9. The number of hydrogen-bond donors (Lipinski definition) is 2. The fourth-order valence-corrected chi connectivity index (χ4v) is 4.87. The Morgan fingerprint density at radius 3 is 2.38 bits per heavy atom. The molecule has 0 spiro atoms. The van der Waals surface area contributed by atoms with Gasteiger partial charge in [0.2, 0.25) is 5.91 Å². The number of methoxy groups -OCH3 is 1. The van der Waals surface area contributed by atoms with Crippen molar-refractivity contribution in [2.24, 2.45) is 5.73 Å². The summed E-state index contributed by atoms with van der Waals surface area (Å²) in [5.41, 5.74) is 10.4. The molecular weight excluding hydrogens is 534 g/mol. The molecule has 5 rings (SSSR count). The summed E-state index contributed by atoms with van der Waals surface area (Å²) in [7, 11) is 1.60. The van der Waals surface area contributed by atoms with E-state index in [4.69, 9.17) is 15.2 Å². The summed E-state index contributed by atoms with van der Waals surface area (Å²) in [6, 6.07) is 26.6. The van der Waals surface area contributed by atoms with E-state index in [9.17, 15) is 9.59 Å². The summed E-state index contributed by atoms with van der Waals surface area (Å²) in [6.07, 6.45) is -0.582. The number of carbonyl (C=O) groups excluding carboxylic acids is 2. The number of amides is 2. The number of anilines is 1. The maximum absolute atomic E-state index is 12.5. The van der Waals surface area contributed by atoms with Gasteiger partial charge in [0.1, 0.15) is 12.4 Å². The molecule has 0 aliphatic carbocycles. The quantitative estimate of drug-likeness (QED) is 0.240. The Bertz CT molecular complexity index is 1610. The minimum atomic E-state index is -0.582. The number of primary amides is 1. The van der Waals surface area contributed by atoms with E-state index in [2.05, 4.69) is 37.9 Å². The fourth-order valence-electron chi connectivity index (χ4n) is 4.42. The van der Waals surface area contributed by atoms with Crippen LogP contribution in [0.15, 0.2) is 89.4 Å². The number of hydrogen-bond acceptors (Lipinski definition) is 4. The highest BCUT2D eigenvalue weighted by Crippen LogP contribution is 2.36. The molecule has 0 bridgehead atoms. The fraction of sp³-hybridized carbons (Fsp3) is 0.103. The van der Waals surface area contributed by atoms with Crippen molar-refractivity contribution in [3.05, 3.63) is 106 Å². The molecule has 0 aliphatic rings. The minimum absolute atomic E-state index is 0.119. The zero-order valence-electron chi connectivity index (χ0n) is 20.0. The van der Waals surface area contributed by atoms with Crippen LogP contribution in [-0.4, -0.2) is 23.7 Å². The third-order valence-electron chi connectivity index (χ3n) is 6.15. The van der Waals surface area contributed by atoms with Gasteiger partial charge in [0.15, 0.2) is 0 Å². The first-order chi connectivity index (χ1) is 17.9. The van der Waals surface area contributed by atoms with E-state index in [1.54, 1.807) is 13.2 Å². The molecule has 1 heterocycles. The molecule has 3 N–H and O–H groups in total.